The lowest BCUT2D eigenvalue weighted by Gasteiger charge is -2.06. The first kappa shape index (κ1) is 17.7. The van der Waals surface area contributed by atoms with Crippen LogP contribution in [0.4, 0.5) is 10.7 Å². The third-order valence-corrected chi connectivity index (χ3v) is 4.08. The summed E-state index contributed by atoms with van der Waals surface area (Å²) in [5.74, 6) is 0.466. The summed E-state index contributed by atoms with van der Waals surface area (Å²) < 4.78 is 5.55. The number of thiophene rings is 1. The molecule has 1 amide bonds. The zero-order chi connectivity index (χ0) is 17.4. The lowest BCUT2D eigenvalue weighted by Crippen LogP contribution is -2.07. The number of nitrogens with one attached hydrogen (secondary N) is 1. The Morgan fingerprint density at radius 2 is 2.04 bits per heavy atom. The van der Waals surface area contributed by atoms with Crippen LogP contribution in [0.1, 0.15) is 24.6 Å². The number of anilines is 1. The quantitative estimate of drug-likeness (QED) is 0.330. The van der Waals surface area contributed by atoms with E-state index in [-0.39, 0.29) is 10.9 Å². The Labute approximate surface area is 143 Å². The lowest BCUT2D eigenvalue weighted by atomic mass is 10.3. The molecule has 0 spiro atoms. The standard InChI is InChI=1S/C17H18N2O4S/c1-2-3-12-23-14-6-4-13(5-7-14)18-16(20)10-8-15-9-11-17(24-15)19(21)22/h4-11H,2-3,12H2,1H3,(H,18,20)/b10-8+. The molecule has 0 aliphatic rings. The van der Waals surface area contributed by atoms with Crippen LogP contribution in [-0.2, 0) is 4.79 Å². The zero-order valence-corrected chi connectivity index (χ0v) is 14.0. The maximum Gasteiger partial charge on any atom is 0.324 e. The van der Waals surface area contributed by atoms with Crippen molar-refractivity contribution in [2.45, 2.75) is 19.8 Å². The molecule has 0 saturated carbocycles. The van der Waals surface area contributed by atoms with E-state index in [9.17, 15) is 14.9 Å². The van der Waals surface area contributed by atoms with Gasteiger partial charge in [-0.05, 0) is 42.8 Å². The van der Waals surface area contributed by atoms with Crippen LogP contribution in [0.5, 0.6) is 5.75 Å². The molecule has 0 aliphatic heterocycles. The van der Waals surface area contributed by atoms with Crippen molar-refractivity contribution in [3.8, 4) is 5.75 Å². The minimum absolute atomic E-state index is 0.0497. The van der Waals surface area contributed by atoms with Gasteiger partial charge in [0, 0.05) is 22.7 Å². The predicted molar refractivity (Wildman–Crippen MR) is 95.5 cm³/mol. The number of hydrogen-bond acceptors (Lipinski definition) is 5. The van der Waals surface area contributed by atoms with E-state index in [1.54, 1.807) is 36.4 Å². The number of nitro groups is 1. The third-order valence-electron chi connectivity index (χ3n) is 3.08. The van der Waals surface area contributed by atoms with Crippen molar-refractivity contribution in [1.82, 2.24) is 0 Å². The zero-order valence-electron chi connectivity index (χ0n) is 13.2. The largest absolute Gasteiger partial charge is 0.494 e. The van der Waals surface area contributed by atoms with Crippen LogP contribution in [0, 0.1) is 10.1 Å². The van der Waals surface area contributed by atoms with Crippen LogP contribution in [0.3, 0.4) is 0 Å². The van der Waals surface area contributed by atoms with Gasteiger partial charge in [0.2, 0.25) is 5.91 Å². The van der Waals surface area contributed by atoms with Gasteiger partial charge in [-0.2, -0.15) is 0 Å². The summed E-state index contributed by atoms with van der Waals surface area (Å²) in [6.07, 6.45) is 4.98. The molecule has 1 N–H and O–H groups in total. The molecule has 7 heteroatoms. The predicted octanol–water partition coefficient (Wildman–Crippen LogP) is 4.49. The molecule has 24 heavy (non-hydrogen) atoms. The number of unbranched alkanes of at least 4 members (excludes halogenated alkanes) is 1. The van der Waals surface area contributed by atoms with E-state index in [0.29, 0.717) is 17.2 Å². The fraction of sp³-hybridized carbons (Fsp3) is 0.235. The van der Waals surface area contributed by atoms with Gasteiger partial charge in [-0.3, -0.25) is 14.9 Å². The van der Waals surface area contributed by atoms with Gasteiger partial charge in [0.15, 0.2) is 0 Å². The first-order valence-corrected chi connectivity index (χ1v) is 8.36. The van der Waals surface area contributed by atoms with Crippen molar-refractivity contribution < 1.29 is 14.5 Å². The van der Waals surface area contributed by atoms with Crippen LogP contribution >= 0.6 is 11.3 Å². The number of carbonyl (C=O) groups is 1. The number of rotatable bonds is 8. The van der Waals surface area contributed by atoms with Gasteiger partial charge >= 0.3 is 5.00 Å². The lowest BCUT2D eigenvalue weighted by molar-refractivity contribution is -0.380. The van der Waals surface area contributed by atoms with Crippen LogP contribution in [-0.4, -0.2) is 17.4 Å². The number of amides is 1. The number of benzene rings is 1. The van der Waals surface area contributed by atoms with Gasteiger partial charge in [0.05, 0.1) is 11.5 Å². The molecule has 0 radical (unpaired) electrons. The molecule has 126 valence electrons. The van der Waals surface area contributed by atoms with Crippen LogP contribution < -0.4 is 10.1 Å². The first-order chi connectivity index (χ1) is 11.6. The van der Waals surface area contributed by atoms with Gasteiger partial charge in [0.1, 0.15) is 5.75 Å². The van der Waals surface area contributed by atoms with E-state index in [4.69, 9.17) is 4.74 Å². The summed E-state index contributed by atoms with van der Waals surface area (Å²) >= 11 is 1.02. The average molecular weight is 346 g/mol. The number of ether oxygens (including phenoxy) is 1. The molecular formula is C17H18N2O4S. The minimum atomic E-state index is -0.452. The Balaban J connectivity index is 1.87. The molecule has 0 fully saturated rings. The molecule has 0 unspecified atom stereocenters. The molecule has 0 atom stereocenters. The second kappa shape index (κ2) is 8.83. The fourth-order valence-electron chi connectivity index (χ4n) is 1.84. The monoisotopic (exact) mass is 346 g/mol. The summed E-state index contributed by atoms with van der Waals surface area (Å²) in [5, 5.41) is 13.4. The summed E-state index contributed by atoms with van der Waals surface area (Å²) in [5.41, 5.74) is 0.657. The summed E-state index contributed by atoms with van der Waals surface area (Å²) in [6.45, 7) is 2.78. The Morgan fingerprint density at radius 1 is 1.29 bits per heavy atom. The van der Waals surface area contributed by atoms with E-state index >= 15 is 0 Å². The topological polar surface area (TPSA) is 81.5 Å². The normalized spacial score (nSPS) is 10.7. The maximum absolute atomic E-state index is 11.9. The highest BCUT2D eigenvalue weighted by atomic mass is 32.1. The second-order valence-electron chi connectivity index (χ2n) is 4.98. The molecule has 0 saturated heterocycles. The van der Waals surface area contributed by atoms with Crippen molar-refractivity contribution >= 4 is 34.0 Å². The van der Waals surface area contributed by atoms with Crippen LogP contribution in [0.15, 0.2) is 42.5 Å². The maximum atomic E-state index is 11.9. The molecule has 6 nitrogen and oxygen atoms in total. The second-order valence-corrected chi connectivity index (χ2v) is 6.08. The third kappa shape index (κ3) is 5.51. The summed E-state index contributed by atoms with van der Waals surface area (Å²) in [6, 6.07) is 10.2. The molecule has 0 bridgehead atoms. The van der Waals surface area contributed by atoms with Gasteiger partial charge in [-0.1, -0.05) is 24.7 Å². The van der Waals surface area contributed by atoms with Gasteiger partial charge in [0.25, 0.3) is 0 Å². The van der Waals surface area contributed by atoms with Crippen LogP contribution in [0.25, 0.3) is 6.08 Å². The Hall–Kier alpha value is -2.67. The molecule has 1 aromatic heterocycles. The molecule has 2 rings (SSSR count). The molecule has 2 aromatic rings. The highest BCUT2D eigenvalue weighted by molar-refractivity contribution is 7.16. The summed E-state index contributed by atoms with van der Waals surface area (Å²) in [4.78, 5) is 22.7. The van der Waals surface area contributed by atoms with E-state index in [2.05, 4.69) is 12.2 Å². The van der Waals surface area contributed by atoms with Crippen molar-refractivity contribution in [1.29, 1.82) is 0 Å². The van der Waals surface area contributed by atoms with Crippen molar-refractivity contribution in [2.75, 3.05) is 11.9 Å². The van der Waals surface area contributed by atoms with E-state index < -0.39 is 4.92 Å². The molecule has 1 aromatic carbocycles. The van der Waals surface area contributed by atoms with Gasteiger partial charge in [-0.15, -0.1) is 0 Å². The van der Waals surface area contributed by atoms with E-state index in [0.717, 1.165) is 29.9 Å². The van der Waals surface area contributed by atoms with Crippen molar-refractivity contribution in [3.63, 3.8) is 0 Å². The Morgan fingerprint density at radius 3 is 2.67 bits per heavy atom. The molecule has 0 aliphatic carbocycles. The van der Waals surface area contributed by atoms with E-state index in [1.165, 1.54) is 12.1 Å². The van der Waals surface area contributed by atoms with Gasteiger partial charge < -0.3 is 10.1 Å². The SMILES string of the molecule is CCCCOc1ccc(NC(=O)/C=C/c2ccc([N+](=O)[O-])s2)cc1. The van der Waals surface area contributed by atoms with Crippen molar-refractivity contribution in [3.05, 3.63) is 57.5 Å². The van der Waals surface area contributed by atoms with Gasteiger partial charge in [-0.25, -0.2) is 0 Å². The highest BCUT2D eigenvalue weighted by Gasteiger charge is 2.08. The highest BCUT2D eigenvalue weighted by Crippen LogP contribution is 2.24. The van der Waals surface area contributed by atoms with Crippen LogP contribution in [0.2, 0.25) is 0 Å². The number of hydrogen-bond donors (Lipinski definition) is 1. The van der Waals surface area contributed by atoms with E-state index in [1.807, 2.05) is 0 Å². The first-order valence-electron chi connectivity index (χ1n) is 7.54. The number of carbonyl (C=O) groups excluding carboxylic acids is 1. The Kier molecular flexibility index (Phi) is 6.51. The summed E-state index contributed by atoms with van der Waals surface area (Å²) in [7, 11) is 0. The smallest absolute Gasteiger partial charge is 0.324 e. The molecular weight excluding hydrogens is 328 g/mol. The average Bonchev–Trinajstić information content (AvgIpc) is 3.04. The number of nitrogens with zero attached hydrogens (tertiary/aromatic N) is 1. The fourth-order valence-corrected chi connectivity index (χ4v) is 2.56. The van der Waals surface area contributed by atoms with Crippen molar-refractivity contribution in [2.24, 2.45) is 0 Å². The molecule has 1 heterocycles. The minimum Gasteiger partial charge on any atom is -0.494 e. The Bertz CT molecular complexity index is 722.